The van der Waals surface area contributed by atoms with Crippen LogP contribution in [0, 0.1) is 23.2 Å². The van der Waals surface area contributed by atoms with E-state index in [9.17, 15) is 14.7 Å². The molecule has 3 fully saturated rings. The molecule has 0 aromatic heterocycles. The summed E-state index contributed by atoms with van der Waals surface area (Å²) in [6.45, 7) is 21.0. The molecule has 1 N–H and O–H groups in total. The van der Waals surface area contributed by atoms with Gasteiger partial charge in [0.1, 0.15) is 6.04 Å². The molecule has 0 radical (unpaired) electrons. The molecule has 3 heterocycles. The first kappa shape index (κ1) is 33.3. The third-order valence-corrected chi connectivity index (χ3v) is 11.7. The van der Waals surface area contributed by atoms with Gasteiger partial charge in [-0.2, -0.15) is 0 Å². The van der Waals surface area contributed by atoms with Gasteiger partial charge in [0.25, 0.3) is 0 Å². The van der Waals surface area contributed by atoms with E-state index in [4.69, 9.17) is 0 Å². The van der Waals surface area contributed by atoms with Crippen molar-refractivity contribution in [2.45, 2.75) is 88.4 Å². The molecular weight excluding hydrogens is 558 g/mol. The molecule has 3 amide bonds. The van der Waals surface area contributed by atoms with Crippen molar-refractivity contribution in [3.05, 3.63) is 61.2 Å². The van der Waals surface area contributed by atoms with Gasteiger partial charge in [-0.25, -0.2) is 0 Å². The second kappa shape index (κ2) is 12.4. The van der Waals surface area contributed by atoms with E-state index in [1.54, 1.807) is 40.8 Å². The van der Waals surface area contributed by atoms with Crippen LogP contribution >= 0.6 is 11.8 Å². The largest absolute Gasteiger partial charge is 0.394 e. The number of carbonyl (C=O) groups is 3. The first-order chi connectivity index (χ1) is 20.1. The van der Waals surface area contributed by atoms with E-state index in [0.29, 0.717) is 19.5 Å². The van der Waals surface area contributed by atoms with Crippen molar-refractivity contribution in [2.75, 3.05) is 26.7 Å². The first-order valence-electron chi connectivity index (χ1n) is 15.6. The molecule has 3 saturated heterocycles. The molecule has 1 aromatic carbocycles. The van der Waals surface area contributed by atoms with Crippen molar-refractivity contribution in [3.63, 3.8) is 0 Å². The van der Waals surface area contributed by atoms with Crippen LogP contribution in [-0.2, 0) is 20.8 Å². The normalized spacial score (nSPS) is 28.9. The fraction of sp³-hybridized carbons (Fsp3) is 0.629. The summed E-state index contributed by atoms with van der Waals surface area (Å²) in [4.78, 5) is 49.1. The van der Waals surface area contributed by atoms with E-state index in [1.807, 2.05) is 35.2 Å². The summed E-state index contributed by atoms with van der Waals surface area (Å²) in [6, 6.07) is 8.37. The van der Waals surface area contributed by atoms with Crippen LogP contribution in [0.3, 0.4) is 0 Å². The van der Waals surface area contributed by atoms with Gasteiger partial charge in [0.2, 0.25) is 17.7 Å². The molecule has 7 nitrogen and oxygen atoms in total. The number of rotatable bonds is 12. The molecule has 4 rings (SSSR count). The molecule has 1 spiro atoms. The van der Waals surface area contributed by atoms with Crippen molar-refractivity contribution in [3.8, 4) is 0 Å². The van der Waals surface area contributed by atoms with Crippen molar-refractivity contribution in [1.29, 1.82) is 0 Å². The van der Waals surface area contributed by atoms with Gasteiger partial charge in [-0.3, -0.25) is 14.4 Å². The summed E-state index contributed by atoms with van der Waals surface area (Å²) < 4.78 is -0.768. The van der Waals surface area contributed by atoms with Gasteiger partial charge >= 0.3 is 0 Å². The maximum Gasteiger partial charge on any atom is 0.247 e. The van der Waals surface area contributed by atoms with Crippen molar-refractivity contribution in [1.82, 2.24) is 14.7 Å². The van der Waals surface area contributed by atoms with Crippen LogP contribution in [0.4, 0.5) is 0 Å². The molecule has 2 bridgehead atoms. The Morgan fingerprint density at radius 3 is 2.30 bits per heavy atom. The number of amides is 3. The number of carbonyl (C=O) groups excluding carboxylic acids is 3. The van der Waals surface area contributed by atoms with E-state index in [0.717, 1.165) is 18.4 Å². The van der Waals surface area contributed by atoms with Crippen molar-refractivity contribution < 1.29 is 19.5 Å². The summed E-state index contributed by atoms with van der Waals surface area (Å²) in [5, 5.41) is 10.8. The van der Waals surface area contributed by atoms with Gasteiger partial charge in [0.15, 0.2) is 0 Å². The van der Waals surface area contributed by atoms with Crippen LogP contribution < -0.4 is 0 Å². The van der Waals surface area contributed by atoms with Gasteiger partial charge in [-0.15, -0.1) is 24.9 Å². The SMILES string of the molecule is C=CCN(C)C(=O)[C@@H]1[C@H]2C(=O)N([C@@H](CO)Cc3ccccc3)C(C(=O)N(CC=C)C(C)(C)CC(C)(C)C)C23S[C@@H]1CC3C. The number of thioether (sulfide) groups is 1. The Labute approximate surface area is 262 Å². The average Bonchev–Trinajstić information content (AvgIpc) is 3.52. The molecular formula is C35H51N3O4S. The predicted molar refractivity (Wildman–Crippen MR) is 174 cm³/mol. The maximum atomic E-state index is 15.2. The van der Waals surface area contributed by atoms with E-state index >= 15 is 4.79 Å². The Hall–Kier alpha value is -2.58. The number of hydrogen-bond acceptors (Lipinski definition) is 5. The number of likely N-dealkylation sites (N-methyl/N-ethyl adjacent to an activating group) is 1. The summed E-state index contributed by atoms with van der Waals surface area (Å²) in [5.74, 6) is -1.50. The highest BCUT2D eigenvalue weighted by Gasteiger charge is 2.77. The molecule has 3 aliphatic heterocycles. The molecule has 3 aliphatic rings. The third-order valence-electron chi connectivity index (χ3n) is 9.67. The van der Waals surface area contributed by atoms with E-state index < -0.39 is 34.2 Å². The topological polar surface area (TPSA) is 81.2 Å². The predicted octanol–water partition coefficient (Wildman–Crippen LogP) is 4.80. The summed E-state index contributed by atoms with van der Waals surface area (Å²) in [7, 11) is 1.75. The summed E-state index contributed by atoms with van der Waals surface area (Å²) in [6.07, 6.45) is 5.38. The van der Waals surface area contributed by atoms with Crippen LogP contribution in [0.25, 0.3) is 0 Å². The second-order valence-corrected chi connectivity index (χ2v) is 16.2. The number of benzene rings is 1. The molecule has 7 atom stereocenters. The standard InChI is InChI=1S/C35H51N3O4S/c1-10-17-36(9)30(40)27-26-19-23(3)35(43-26)28(27)31(41)38(25(21-39)20-24-15-13-12-14-16-24)29(35)32(42)37(18-11-2)34(7,8)22-33(4,5)6/h10-16,23,25-29,39H,1-2,17-22H2,3-9H3/t23?,25-,26-,27+,28+,29?,35?/m1/s1. The Morgan fingerprint density at radius 2 is 1.74 bits per heavy atom. The van der Waals surface area contributed by atoms with Crippen molar-refractivity contribution in [2.24, 2.45) is 23.2 Å². The molecule has 43 heavy (non-hydrogen) atoms. The minimum Gasteiger partial charge on any atom is -0.394 e. The zero-order chi connectivity index (χ0) is 31.9. The highest BCUT2D eigenvalue weighted by atomic mass is 32.2. The first-order valence-corrected chi connectivity index (χ1v) is 16.5. The quantitative estimate of drug-likeness (QED) is 0.345. The van der Waals surface area contributed by atoms with Gasteiger partial charge in [0, 0.05) is 30.9 Å². The number of fused-ring (bicyclic) bond motifs is 1. The smallest absolute Gasteiger partial charge is 0.247 e. The number of hydrogen-bond donors (Lipinski definition) is 1. The Morgan fingerprint density at radius 1 is 1.12 bits per heavy atom. The molecule has 8 heteroatoms. The lowest BCUT2D eigenvalue weighted by molar-refractivity contribution is -0.149. The van der Waals surface area contributed by atoms with Crippen LogP contribution in [0.5, 0.6) is 0 Å². The lowest BCUT2D eigenvalue weighted by Gasteiger charge is -2.47. The molecule has 0 aliphatic carbocycles. The van der Waals surface area contributed by atoms with E-state index in [-0.39, 0.29) is 40.9 Å². The number of aliphatic hydroxyl groups is 1. The minimum absolute atomic E-state index is 0.0385. The maximum absolute atomic E-state index is 15.2. The summed E-state index contributed by atoms with van der Waals surface area (Å²) in [5.41, 5.74) is 0.414. The highest BCUT2D eigenvalue weighted by Crippen LogP contribution is 2.69. The van der Waals surface area contributed by atoms with E-state index in [1.165, 1.54) is 0 Å². The molecule has 0 saturated carbocycles. The fourth-order valence-electron chi connectivity index (χ4n) is 8.39. The Balaban J connectivity index is 1.87. The monoisotopic (exact) mass is 609 g/mol. The van der Waals surface area contributed by atoms with E-state index in [2.05, 4.69) is 54.7 Å². The number of aliphatic hydroxyl groups excluding tert-OH is 1. The third kappa shape index (κ3) is 5.94. The van der Waals surface area contributed by atoms with Gasteiger partial charge in [-0.05, 0) is 50.0 Å². The fourth-order valence-corrected chi connectivity index (χ4v) is 10.8. The van der Waals surface area contributed by atoms with Crippen LogP contribution in [-0.4, -0.2) is 91.9 Å². The highest BCUT2D eigenvalue weighted by molar-refractivity contribution is 8.02. The molecule has 1 aromatic rings. The van der Waals surface area contributed by atoms with Gasteiger partial charge < -0.3 is 19.8 Å². The second-order valence-electron chi connectivity index (χ2n) is 14.6. The number of likely N-dealkylation sites (tertiary alicyclic amines) is 1. The average molecular weight is 610 g/mol. The van der Waals surface area contributed by atoms with Crippen molar-refractivity contribution >= 4 is 29.5 Å². The van der Waals surface area contributed by atoms with Gasteiger partial charge in [0.05, 0.1) is 29.2 Å². The zero-order valence-electron chi connectivity index (χ0n) is 27.1. The summed E-state index contributed by atoms with van der Waals surface area (Å²) >= 11 is 1.68. The number of nitrogens with zero attached hydrogens (tertiary/aromatic N) is 3. The Bertz CT molecular complexity index is 1230. The van der Waals surface area contributed by atoms with Crippen LogP contribution in [0.15, 0.2) is 55.6 Å². The zero-order valence-corrected chi connectivity index (χ0v) is 27.9. The van der Waals surface area contributed by atoms with Crippen LogP contribution in [0.1, 0.15) is 59.9 Å². The lowest BCUT2D eigenvalue weighted by atomic mass is 9.65. The van der Waals surface area contributed by atoms with Gasteiger partial charge in [-0.1, -0.05) is 70.2 Å². The molecule has 236 valence electrons. The minimum atomic E-state index is -0.808. The Kier molecular flexibility index (Phi) is 9.63. The lowest BCUT2D eigenvalue weighted by Crippen LogP contribution is -2.63. The van der Waals surface area contributed by atoms with Crippen LogP contribution in [0.2, 0.25) is 0 Å². The molecule has 3 unspecified atom stereocenters.